The predicted molar refractivity (Wildman–Crippen MR) is 99.6 cm³/mol. The molecule has 3 aromatic rings. The zero-order chi connectivity index (χ0) is 17.8. The lowest BCUT2D eigenvalue weighted by Crippen LogP contribution is -2.57. The van der Waals surface area contributed by atoms with Crippen LogP contribution in [0.2, 0.25) is 0 Å². The van der Waals surface area contributed by atoms with Gasteiger partial charge in [0, 0.05) is 25.8 Å². The summed E-state index contributed by atoms with van der Waals surface area (Å²) in [6, 6.07) is 13.2. The number of para-hydroxylation sites is 2. The Morgan fingerprint density at radius 2 is 2.00 bits per heavy atom. The average molecular weight is 348 g/mol. The van der Waals surface area contributed by atoms with Crippen molar-refractivity contribution in [2.24, 2.45) is 0 Å². The number of rotatable bonds is 4. The third kappa shape index (κ3) is 3.62. The summed E-state index contributed by atoms with van der Waals surface area (Å²) in [6.45, 7) is 2.49. The molecule has 2 N–H and O–H groups in total. The average Bonchev–Trinajstić information content (AvgIpc) is 2.72. The minimum Gasteiger partial charge on any atom is -0.352 e. The van der Waals surface area contributed by atoms with Crippen LogP contribution >= 0.6 is 0 Å². The van der Waals surface area contributed by atoms with Gasteiger partial charge >= 0.3 is 0 Å². The number of aromatic nitrogens is 3. The highest BCUT2D eigenvalue weighted by atomic mass is 16.2. The van der Waals surface area contributed by atoms with Crippen molar-refractivity contribution < 1.29 is 4.79 Å². The molecule has 4 rings (SSSR count). The Kier molecular flexibility index (Phi) is 4.70. The van der Waals surface area contributed by atoms with E-state index in [1.165, 1.54) is 0 Å². The van der Waals surface area contributed by atoms with E-state index in [2.05, 4.69) is 30.5 Å². The van der Waals surface area contributed by atoms with Gasteiger partial charge < -0.3 is 15.5 Å². The summed E-state index contributed by atoms with van der Waals surface area (Å²) in [6.07, 6.45) is 3.50. The summed E-state index contributed by atoms with van der Waals surface area (Å²) in [5, 5.41) is 6.21. The first-order chi connectivity index (χ1) is 12.8. The number of pyridine rings is 1. The van der Waals surface area contributed by atoms with Crippen molar-refractivity contribution in [2.75, 3.05) is 24.5 Å². The van der Waals surface area contributed by atoms with Gasteiger partial charge in [-0.2, -0.15) is 0 Å². The molecular formula is C19H20N6O. The molecule has 1 atom stereocenters. The number of hydrogen-bond acceptors (Lipinski definition) is 6. The lowest BCUT2D eigenvalue weighted by molar-refractivity contribution is -0.123. The molecule has 0 aliphatic carbocycles. The molecule has 26 heavy (non-hydrogen) atoms. The molecular weight excluding hydrogens is 328 g/mol. The Balaban J connectivity index is 1.42. The van der Waals surface area contributed by atoms with E-state index in [0.29, 0.717) is 13.1 Å². The van der Waals surface area contributed by atoms with Crippen molar-refractivity contribution in [3.8, 4) is 0 Å². The van der Waals surface area contributed by atoms with Crippen LogP contribution in [0.5, 0.6) is 0 Å². The number of fused-ring (bicyclic) bond motifs is 1. The summed E-state index contributed by atoms with van der Waals surface area (Å²) in [5.41, 5.74) is 2.57. The van der Waals surface area contributed by atoms with Gasteiger partial charge in [-0.05, 0) is 24.3 Å². The third-order valence-corrected chi connectivity index (χ3v) is 4.42. The van der Waals surface area contributed by atoms with Gasteiger partial charge in [-0.25, -0.2) is 4.98 Å². The van der Waals surface area contributed by atoms with Gasteiger partial charge in [0.2, 0.25) is 5.91 Å². The Labute approximate surface area is 151 Å². The lowest BCUT2D eigenvalue weighted by atomic mass is 10.2. The Morgan fingerprint density at radius 1 is 1.15 bits per heavy atom. The molecule has 2 aromatic heterocycles. The van der Waals surface area contributed by atoms with Crippen LogP contribution in [-0.4, -0.2) is 46.5 Å². The number of benzene rings is 1. The van der Waals surface area contributed by atoms with Crippen molar-refractivity contribution in [1.82, 2.24) is 25.6 Å². The van der Waals surface area contributed by atoms with E-state index >= 15 is 0 Å². The molecule has 0 spiro atoms. The first kappa shape index (κ1) is 16.4. The first-order valence-electron chi connectivity index (χ1n) is 8.67. The van der Waals surface area contributed by atoms with Crippen LogP contribution in [0.3, 0.4) is 0 Å². The van der Waals surface area contributed by atoms with E-state index < -0.39 is 0 Å². The van der Waals surface area contributed by atoms with Gasteiger partial charge in [0.05, 0.1) is 29.5 Å². The number of nitrogens with one attached hydrogen (secondary N) is 2. The van der Waals surface area contributed by atoms with Crippen molar-refractivity contribution in [3.05, 3.63) is 60.6 Å². The molecule has 1 aromatic carbocycles. The molecule has 3 heterocycles. The second-order valence-corrected chi connectivity index (χ2v) is 6.21. The number of amides is 1. The van der Waals surface area contributed by atoms with Gasteiger partial charge in [0.1, 0.15) is 11.9 Å². The molecule has 7 nitrogen and oxygen atoms in total. The van der Waals surface area contributed by atoms with Crippen LogP contribution in [-0.2, 0) is 11.3 Å². The molecule has 1 amide bonds. The minimum atomic E-state index is -0.291. The fourth-order valence-electron chi connectivity index (χ4n) is 3.04. The fourth-order valence-corrected chi connectivity index (χ4v) is 3.04. The maximum absolute atomic E-state index is 12.5. The topological polar surface area (TPSA) is 83.0 Å². The third-order valence-electron chi connectivity index (χ3n) is 4.42. The van der Waals surface area contributed by atoms with Crippen LogP contribution in [0.4, 0.5) is 5.82 Å². The molecule has 132 valence electrons. The summed E-state index contributed by atoms with van der Waals surface area (Å²) in [7, 11) is 0. The second-order valence-electron chi connectivity index (χ2n) is 6.21. The van der Waals surface area contributed by atoms with Crippen LogP contribution in [0, 0.1) is 0 Å². The van der Waals surface area contributed by atoms with Gasteiger partial charge in [0.25, 0.3) is 0 Å². The second kappa shape index (κ2) is 7.45. The number of carbonyl (C=O) groups excluding carboxylic acids is 1. The smallest absolute Gasteiger partial charge is 0.239 e. The van der Waals surface area contributed by atoms with Crippen LogP contribution in [0.25, 0.3) is 11.0 Å². The number of hydrogen-bond donors (Lipinski definition) is 2. The van der Waals surface area contributed by atoms with Gasteiger partial charge in [-0.1, -0.05) is 18.2 Å². The Morgan fingerprint density at radius 3 is 2.85 bits per heavy atom. The van der Waals surface area contributed by atoms with E-state index in [1.54, 1.807) is 12.4 Å². The SMILES string of the molecule is O=C(NCc1ccccn1)C1CN(c2cnc3ccccc3n2)CCN1. The number of anilines is 1. The van der Waals surface area contributed by atoms with E-state index in [4.69, 9.17) is 0 Å². The molecule has 1 aliphatic heterocycles. The van der Waals surface area contributed by atoms with Crippen molar-refractivity contribution in [2.45, 2.75) is 12.6 Å². The maximum Gasteiger partial charge on any atom is 0.239 e. The first-order valence-corrected chi connectivity index (χ1v) is 8.67. The summed E-state index contributed by atoms with van der Waals surface area (Å²) >= 11 is 0. The summed E-state index contributed by atoms with van der Waals surface area (Å²) < 4.78 is 0. The van der Waals surface area contributed by atoms with E-state index in [9.17, 15) is 4.79 Å². The van der Waals surface area contributed by atoms with E-state index in [0.717, 1.165) is 35.6 Å². The van der Waals surface area contributed by atoms with Crippen LogP contribution in [0.15, 0.2) is 54.9 Å². The van der Waals surface area contributed by atoms with Gasteiger partial charge in [-0.3, -0.25) is 14.8 Å². The number of nitrogens with zero attached hydrogens (tertiary/aromatic N) is 4. The molecule has 1 saturated heterocycles. The summed E-state index contributed by atoms with van der Waals surface area (Å²) in [4.78, 5) is 28.0. The van der Waals surface area contributed by atoms with Gasteiger partial charge in [-0.15, -0.1) is 0 Å². The standard InChI is InChI=1S/C19H20N6O/c26-19(23-11-14-5-3-4-8-20-14)17-13-25(10-9-21-17)18-12-22-15-6-1-2-7-16(15)24-18/h1-8,12,17,21H,9-11,13H2,(H,23,26). The summed E-state index contributed by atoms with van der Waals surface area (Å²) in [5.74, 6) is 0.766. The van der Waals surface area contributed by atoms with E-state index in [-0.39, 0.29) is 11.9 Å². The van der Waals surface area contributed by atoms with Crippen LogP contribution in [0.1, 0.15) is 5.69 Å². The maximum atomic E-state index is 12.5. The molecule has 1 unspecified atom stereocenters. The highest BCUT2D eigenvalue weighted by Crippen LogP contribution is 2.16. The van der Waals surface area contributed by atoms with Gasteiger partial charge in [0.15, 0.2) is 0 Å². The van der Waals surface area contributed by atoms with Crippen molar-refractivity contribution >= 4 is 22.8 Å². The monoisotopic (exact) mass is 348 g/mol. The zero-order valence-corrected chi connectivity index (χ0v) is 14.3. The molecule has 1 fully saturated rings. The molecule has 7 heteroatoms. The van der Waals surface area contributed by atoms with Crippen LogP contribution < -0.4 is 15.5 Å². The quantitative estimate of drug-likeness (QED) is 0.735. The highest BCUT2D eigenvalue weighted by Gasteiger charge is 2.26. The Bertz CT molecular complexity index is 901. The Hall–Kier alpha value is -3.06. The van der Waals surface area contributed by atoms with Crippen molar-refractivity contribution in [3.63, 3.8) is 0 Å². The largest absolute Gasteiger partial charge is 0.352 e. The number of piperazine rings is 1. The highest BCUT2D eigenvalue weighted by molar-refractivity contribution is 5.83. The minimum absolute atomic E-state index is 0.0332. The van der Waals surface area contributed by atoms with E-state index in [1.807, 2.05) is 42.5 Å². The molecule has 1 aliphatic rings. The molecule has 0 radical (unpaired) electrons. The van der Waals surface area contributed by atoms with Crippen molar-refractivity contribution in [1.29, 1.82) is 0 Å². The zero-order valence-electron chi connectivity index (χ0n) is 14.3. The lowest BCUT2D eigenvalue weighted by Gasteiger charge is -2.33. The molecule has 0 saturated carbocycles. The molecule has 0 bridgehead atoms. The normalized spacial score (nSPS) is 17.2. The number of carbonyl (C=O) groups is 1. The predicted octanol–water partition coefficient (Wildman–Crippen LogP) is 1.12. The fraction of sp³-hybridized carbons (Fsp3) is 0.263.